The van der Waals surface area contributed by atoms with E-state index in [2.05, 4.69) is 20.8 Å². The molecule has 2 N–H and O–H groups in total. The van der Waals surface area contributed by atoms with Crippen LogP contribution in [-0.2, 0) is 9.59 Å². The van der Waals surface area contributed by atoms with Crippen LogP contribution in [0.2, 0.25) is 0 Å². The Morgan fingerprint density at radius 3 is 2.68 bits per heavy atom. The molecule has 0 saturated heterocycles. The first-order chi connectivity index (χ1) is 15.0. The van der Waals surface area contributed by atoms with Crippen LogP contribution in [0.5, 0.6) is 5.75 Å². The van der Waals surface area contributed by atoms with Crippen LogP contribution in [0.4, 0.5) is 14.5 Å². The van der Waals surface area contributed by atoms with Crippen molar-refractivity contribution in [3.8, 4) is 17.2 Å². The number of para-hydroxylation sites is 1. The molecule has 3 aromatic rings. The van der Waals surface area contributed by atoms with Gasteiger partial charge in [0.1, 0.15) is 5.75 Å². The first-order valence-electron chi connectivity index (χ1n) is 9.16. The number of amides is 2. The average molecular weight is 448 g/mol. The predicted octanol–water partition coefficient (Wildman–Crippen LogP) is 3.26. The minimum atomic E-state index is -1.08. The second kappa shape index (κ2) is 10.5. The summed E-state index contributed by atoms with van der Waals surface area (Å²) in [4.78, 5) is 23.8. The van der Waals surface area contributed by atoms with Gasteiger partial charge in [-0.05, 0) is 31.2 Å². The molecule has 0 saturated carbocycles. The van der Waals surface area contributed by atoms with Crippen LogP contribution >= 0.6 is 11.8 Å². The number of thioether (sulfide) groups is 1. The smallest absolute Gasteiger partial charge is 0.277 e. The fraction of sp³-hybridized carbons (Fsp3) is 0.200. The highest BCUT2D eigenvalue weighted by atomic mass is 32.2. The van der Waals surface area contributed by atoms with Crippen LogP contribution in [0, 0.1) is 11.6 Å². The molecule has 31 heavy (non-hydrogen) atoms. The van der Waals surface area contributed by atoms with Crippen LogP contribution < -0.4 is 15.4 Å². The quantitative estimate of drug-likeness (QED) is 0.484. The van der Waals surface area contributed by atoms with Crippen LogP contribution in [0.1, 0.15) is 6.92 Å². The molecule has 2 aromatic carbocycles. The van der Waals surface area contributed by atoms with Crippen molar-refractivity contribution in [2.24, 2.45) is 0 Å². The minimum Gasteiger partial charge on any atom is -0.493 e. The summed E-state index contributed by atoms with van der Waals surface area (Å²) in [5.74, 6) is -2.33. The number of rotatable bonds is 9. The second-order valence-corrected chi connectivity index (χ2v) is 6.97. The van der Waals surface area contributed by atoms with E-state index in [-0.39, 0.29) is 29.1 Å². The average Bonchev–Trinajstić information content (AvgIpc) is 3.23. The van der Waals surface area contributed by atoms with Gasteiger partial charge in [-0.15, -0.1) is 10.2 Å². The molecule has 162 valence electrons. The van der Waals surface area contributed by atoms with Crippen LogP contribution in [0.15, 0.2) is 52.1 Å². The maximum Gasteiger partial charge on any atom is 0.277 e. The number of benzene rings is 2. The number of hydrogen-bond acceptors (Lipinski definition) is 7. The predicted molar refractivity (Wildman–Crippen MR) is 110 cm³/mol. The van der Waals surface area contributed by atoms with Gasteiger partial charge in [0, 0.05) is 11.8 Å². The maximum absolute atomic E-state index is 13.2. The number of carbonyl (C=O) groups excluding carboxylic acids is 2. The lowest BCUT2D eigenvalue weighted by Gasteiger charge is -2.07. The lowest BCUT2D eigenvalue weighted by Crippen LogP contribution is -2.33. The zero-order chi connectivity index (χ0) is 22.2. The standard InChI is InChI=1S/C20H18F2N4O4S/c1-2-29-16-6-4-3-5-13(16)19-25-26-20(30-19)31-11-18(28)23-10-17(27)24-12-7-8-14(21)15(22)9-12/h3-9H,2,10-11H2,1H3,(H,23,28)(H,24,27). The first-order valence-corrected chi connectivity index (χ1v) is 10.1. The summed E-state index contributed by atoms with van der Waals surface area (Å²) in [5, 5.41) is 12.8. The van der Waals surface area contributed by atoms with Gasteiger partial charge in [0.15, 0.2) is 11.6 Å². The number of anilines is 1. The van der Waals surface area contributed by atoms with Gasteiger partial charge < -0.3 is 19.8 Å². The summed E-state index contributed by atoms with van der Waals surface area (Å²) in [5.41, 5.74) is 0.722. The normalized spacial score (nSPS) is 10.5. The molecule has 1 heterocycles. The lowest BCUT2D eigenvalue weighted by atomic mass is 10.2. The van der Waals surface area contributed by atoms with Gasteiger partial charge in [0.25, 0.3) is 11.1 Å². The number of carbonyl (C=O) groups is 2. The SMILES string of the molecule is CCOc1ccccc1-c1nnc(SCC(=O)NCC(=O)Nc2ccc(F)c(F)c2)o1. The zero-order valence-corrected chi connectivity index (χ0v) is 17.2. The molecule has 0 fully saturated rings. The third-order valence-electron chi connectivity index (χ3n) is 3.80. The van der Waals surface area contributed by atoms with Crippen molar-refractivity contribution in [3.63, 3.8) is 0 Å². The summed E-state index contributed by atoms with van der Waals surface area (Å²) in [7, 11) is 0. The topological polar surface area (TPSA) is 106 Å². The number of hydrogen-bond donors (Lipinski definition) is 2. The summed E-state index contributed by atoms with van der Waals surface area (Å²) in [6.07, 6.45) is 0. The van der Waals surface area contributed by atoms with E-state index in [0.717, 1.165) is 23.9 Å². The van der Waals surface area contributed by atoms with E-state index in [1.54, 1.807) is 12.1 Å². The fourth-order valence-electron chi connectivity index (χ4n) is 2.44. The molecule has 0 spiro atoms. The first kappa shape index (κ1) is 22.2. The molecule has 2 amide bonds. The summed E-state index contributed by atoms with van der Waals surface area (Å²) >= 11 is 1.01. The molecule has 0 aliphatic carbocycles. The molecule has 8 nitrogen and oxygen atoms in total. The molecule has 11 heteroatoms. The Bertz CT molecular complexity index is 1080. The Kier molecular flexibility index (Phi) is 7.55. The molecule has 0 atom stereocenters. The van der Waals surface area contributed by atoms with Crippen molar-refractivity contribution in [3.05, 3.63) is 54.1 Å². The van der Waals surface area contributed by atoms with E-state index in [1.807, 2.05) is 19.1 Å². The van der Waals surface area contributed by atoms with Gasteiger partial charge in [0.2, 0.25) is 11.8 Å². The van der Waals surface area contributed by atoms with E-state index in [9.17, 15) is 18.4 Å². The summed E-state index contributed by atoms with van der Waals surface area (Å²) in [6.45, 7) is 2.01. The Hall–Kier alpha value is -3.47. The van der Waals surface area contributed by atoms with Gasteiger partial charge in [-0.25, -0.2) is 8.78 Å². The maximum atomic E-state index is 13.2. The van der Waals surface area contributed by atoms with E-state index in [4.69, 9.17) is 9.15 Å². The Balaban J connectivity index is 1.47. The van der Waals surface area contributed by atoms with Crippen molar-refractivity contribution in [2.45, 2.75) is 12.1 Å². The molecule has 0 radical (unpaired) electrons. The molecular formula is C20H18F2N4O4S. The van der Waals surface area contributed by atoms with Gasteiger partial charge in [-0.3, -0.25) is 9.59 Å². The van der Waals surface area contributed by atoms with Gasteiger partial charge in [0.05, 0.1) is 24.5 Å². The molecular weight excluding hydrogens is 430 g/mol. The molecule has 0 bridgehead atoms. The van der Waals surface area contributed by atoms with E-state index in [1.165, 1.54) is 6.07 Å². The van der Waals surface area contributed by atoms with E-state index < -0.39 is 23.4 Å². The highest BCUT2D eigenvalue weighted by Gasteiger charge is 2.15. The molecule has 0 unspecified atom stereocenters. The molecule has 0 aliphatic rings. The summed E-state index contributed by atoms with van der Waals surface area (Å²) < 4.78 is 37.1. The number of aromatic nitrogens is 2. The van der Waals surface area contributed by atoms with Crippen molar-refractivity contribution < 1.29 is 27.5 Å². The van der Waals surface area contributed by atoms with E-state index in [0.29, 0.717) is 17.9 Å². The third kappa shape index (κ3) is 6.25. The van der Waals surface area contributed by atoms with Crippen molar-refractivity contribution in [2.75, 3.05) is 24.2 Å². The monoisotopic (exact) mass is 448 g/mol. The van der Waals surface area contributed by atoms with Crippen molar-refractivity contribution in [1.82, 2.24) is 15.5 Å². The third-order valence-corrected chi connectivity index (χ3v) is 4.62. The van der Waals surface area contributed by atoms with E-state index >= 15 is 0 Å². The Labute approximate surface area is 180 Å². The van der Waals surface area contributed by atoms with Crippen molar-refractivity contribution in [1.29, 1.82) is 0 Å². The fourth-order valence-corrected chi connectivity index (χ4v) is 3.03. The highest BCUT2D eigenvalue weighted by molar-refractivity contribution is 7.99. The zero-order valence-electron chi connectivity index (χ0n) is 16.4. The van der Waals surface area contributed by atoms with Crippen LogP contribution in [0.3, 0.4) is 0 Å². The van der Waals surface area contributed by atoms with Gasteiger partial charge >= 0.3 is 0 Å². The summed E-state index contributed by atoms with van der Waals surface area (Å²) in [6, 6.07) is 10.2. The van der Waals surface area contributed by atoms with Crippen LogP contribution in [-0.4, -0.2) is 40.9 Å². The van der Waals surface area contributed by atoms with Crippen molar-refractivity contribution >= 4 is 29.3 Å². The largest absolute Gasteiger partial charge is 0.493 e. The number of ether oxygens (including phenoxy) is 1. The highest BCUT2D eigenvalue weighted by Crippen LogP contribution is 2.30. The number of halogens is 2. The molecule has 3 rings (SSSR count). The Morgan fingerprint density at radius 1 is 1.10 bits per heavy atom. The molecule has 0 aliphatic heterocycles. The number of nitrogens with zero attached hydrogens (tertiary/aromatic N) is 2. The minimum absolute atomic E-state index is 0.0623. The second-order valence-electron chi connectivity index (χ2n) is 6.04. The van der Waals surface area contributed by atoms with Gasteiger partial charge in [-0.2, -0.15) is 0 Å². The van der Waals surface area contributed by atoms with Crippen LogP contribution in [0.25, 0.3) is 11.5 Å². The molecule has 1 aromatic heterocycles. The lowest BCUT2D eigenvalue weighted by molar-refractivity contribution is -0.122. The Morgan fingerprint density at radius 2 is 1.90 bits per heavy atom. The number of nitrogens with one attached hydrogen (secondary N) is 2. The van der Waals surface area contributed by atoms with Gasteiger partial charge in [-0.1, -0.05) is 23.9 Å².